The van der Waals surface area contributed by atoms with E-state index in [2.05, 4.69) is 10.9 Å². The minimum absolute atomic E-state index is 0.0304. The molecule has 1 aromatic carbocycles. The second-order valence-electron chi connectivity index (χ2n) is 7.02. The second kappa shape index (κ2) is 9.59. The number of nitrogens with one attached hydrogen (secondary N) is 2. The molecule has 2 aliphatic heterocycles. The number of amides is 1. The predicted molar refractivity (Wildman–Crippen MR) is 103 cm³/mol. The Labute approximate surface area is 165 Å². The van der Waals surface area contributed by atoms with Crippen LogP contribution in [0.1, 0.15) is 25.7 Å². The molecule has 2 fully saturated rings. The van der Waals surface area contributed by atoms with Gasteiger partial charge in [0, 0.05) is 19.7 Å². The number of likely N-dealkylation sites (tertiary alicyclic amines) is 1. The fraction of sp³-hybridized carbons (Fsp3) is 0.632. The molecule has 0 spiro atoms. The van der Waals surface area contributed by atoms with Gasteiger partial charge in [-0.3, -0.25) is 10.2 Å². The number of ether oxygens (including phenoxy) is 3. The fourth-order valence-corrected chi connectivity index (χ4v) is 3.89. The van der Waals surface area contributed by atoms with E-state index in [-0.39, 0.29) is 24.0 Å². The van der Waals surface area contributed by atoms with Gasteiger partial charge in [-0.1, -0.05) is 11.6 Å². The summed E-state index contributed by atoms with van der Waals surface area (Å²) in [5.41, 5.74) is 6.28. The highest BCUT2D eigenvalue weighted by Gasteiger charge is 2.36. The summed E-state index contributed by atoms with van der Waals surface area (Å²) in [6.07, 6.45) is 3.87. The number of piperidine rings is 1. The smallest absolute Gasteiger partial charge is 0.241 e. The molecule has 0 radical (unpaired) electrons. The lowest BCUT2D eigenvalue weighted by Crippen LogP contribution is -2.52. The number of rotatable bonds is 7. The van der Waals surface area contributed by atoms with E-state index >= 15 is 0 Å². The zero-order valence-electron chi connectivity index (χ0n) is 15.9. The van der Waals surface area contributed by atoms with Crippen molar-refractivity contribution >= 4 is 17.5 Å². The summed E-state index contributed by atoms with van der Waals surface area (Å²) in [6.45, 7) is 1.81. The summed E-state index contributed by atoms with van der Waals surface area (Å²) in [7, 11) is 3.28. The molecule has 27 heavy (non-hydrogen) atoms. The maximum absolute atomic E-state index is 12.9. The van der Waals surface area contributed by atoms with Crippen molar-refractivity contribution in [1.82, 2.24) is 15.8 Å². The molecule has 8 heteroatoms. The Morgan fingerprint density at radius 2 is 2.11 bits per heavy atom. The summed E-state index contributed by atoms with van der Waals surface area (Å²) in [5, 5.41) is 0.503. The summed E-state index contributed by atoms with van der Waals surface area (Å²) in [5.74, 6) is 1.42. The molecule has 3 atom stereocenters. The van der Waals surface area contributed by atoms with Crippen molar-refractivity contribution in [2.75, 3.05) is 34.0 Å². The lowest BCUT2D eigenvalue weighted by atomic mass is 10.0. The molecule has 1 amide bonds. The van der Waals surface area contributed by atoms with Gasteiger partial charge >= 0.3 is 0 Å². The molecule has 0 saturated carbocycles. The molecule has 0 aromatic heterocycles. The number of halogens is 1. The van der Waals surface area contributed by atoms with Crippen molar-refractivity contribution in [3.8, 4) is 11.5 Å². The van der Waals surface area contributed by atoms with Gasteiger partial charge in [0.2, 0.25) is 5.91 Å². The summed E-state index contributed by atoms with van der Waals surface area (Å²) in [6, 6.07) is 5.27. The molecule has 2 saturated heterocycles. The number of carbonyl (C=O) groups is 1. The Morgan fingerprint density at radius 1 is 1.26 bits per heavy atom. The molecule has 150 valence electrons. The molecule has 0 bridgehead atoms. The van der Waals surface area contributed by atoms with Gasteiger partial charge in [0.1, 0.15) is 24.1 Å². The van der Waals surface area contributed by atoms with Gasteiger partial charge in [-0.2, -0.15) is 0 Å². The number of carbonyl (C=O) groups excluding carboxylic acids is 1. The van der Waals surface area contributed by atoms with Crippen molar-refractivity contribution < 1.29 is 19.0 Å². The molecular formula is C19H28ClN3O4. The van der Waals surface area contributed by atoms with E-state index in [1.165, 1.54) is 0 Å². The fourth-order valence-electron chi connectivity index (χ4n) is 3.67. The van der Waals surface area contributed by atoms with Crippen LogP contribution in [-0.2, 0) is 9.53 Å². The molecule has 2 aliphatic rings. The minimum Gasteiger partial charge on any atom is -0.497 e. The van der Waals surface area contributed by atoms with Crippen LogP contribution < -0.4 is 20.3 Å². The normalized spacial score (nSPS) is 25.4. The Kier molecular flexibility index (Phi) is 7.18. The van der Waals surface area contributed by atoms with Crippen molar-refractivity contribution in [2.45, 2.75) is 43.8 Å². The van der Waals surface area contributed by atoms with Crippen LogP contribution in [0.3, 0.4) is 0 Å². The largest absolute Gasteiger partial charge is 0.497 e. The van der Waals surface area contributed by atoms with Crippen LogP contribution in [0.4, 0.5) is 0 Å². The Morgan fingerprint density at radius 3 is 2.85 bits per heavy atom. The number of benzene rings is 1. The number of hydrogen-bond acceptors (Lipinski definition) is 6. The summed E-state index contributed by atoms with van der Waals surface area (Å²) < 4.78 is 16.2. The third-order valence-corrected chi connectivity index (χ3v) is 5.42. The first-order chi connectivity index (χ1) is 13.1. The quantitative estimate of drug-likeness (QED) is 0.733. The lowest BCUT2D eigenvalue weighted by Gasteiger charge is -2.36. The minimum atomic E-state index is -0.248. The monoisotopic (exact) mass is 397 g/mol. The molecule has 7 nitrogen and oxygen atoms in total. The average molecular weight is 398 g/mol. The van der Waals surface area contributed by atoms with Gasteiger partial charge < -0.3 is 19.1 Å². The Hall–Kier alpha value is -1.54. The molecular weight excluding hydrogens is 370 g/mol. The Balaban J connectivity index is 1.51. The van der Waals surface area contributed by atoms with E-state index in [0.717, 1.165) is 25.8 Å². The second-order valence-corrected chi connectivity index (χ2v) is 7.43. The molecule has 2 heterocycles. The maximum Gasteiger partial charge on any atom is 0.241 e. The third-order valence-electron chi connectivity index (χ3n) is 5.13. The van der Waals surface area contributed by atoms with E-state index in [1.807, 2.05) is 4.90 Å². The number of hydrogen-bond donors (Lipinski definition) is 2. The molecule has 3 unspecified atom stereocenters. The van der Waals surface area contributed by atoms with Gasteiger partial charge in [0.15, 0.2) is 0 Å². The SMILES string of the molecule is COCC1CCCCN1C(=O)C1CC(COc2ccc(OC)cc2Cl)NN1. The van der Waals surface area contributed by atoms with Crippen LogP contribution in [0.25, 0.3) is 0 Å². The molecule has 0 aliphatic carbocycles. The van der Waals surface area contributed by atoms with Crippen molar-refractivity contribution in [3.63, 3.8) is 0 Å². The topological polar surface area (TPSA) is 72.1 Å². The van der Waals surface area contributed by atoms with Crippen molar-refractivity contribution in [2.24, 2.45) is 0 Å². The first-order valence-electron chi connectivity index (χ1n) is 9.39. The van der Waals surface area contributed by atoms with Crippen LogP contribution in [0.15, 0.2) is 18.2 Å². The van der Waals surface area contributed by atoms with Crippen molar-refractivity contribution in [1.29, 1.82) is 0 Å². The van der Waals surface area contributed by atoms with E-state index in [1.54, 1.807) is 32.4 Å². The number of hydrazine groups is 1. The highest BCUT2D eigenvalue weighted by atomic mass is 35.5. The highest BCUT2D eigenvalue weighted by molar-refractivity contribution is 6.32. The molecule has 2 N–H and O–H groups in total. The van der Waals surface area contributed by atoms with Gasteiger partial charge in [-0.15, -0.1) is 0 Å². The summed E-state index contributed by atoms with van der Waals surface area (Å²) in [4.78, 5) is 14.9. The van der Waals surface area contributed by atoms with Crippen LogP contribution >= 0.6 is 11.6 Å². The molecule has 1 aromatic rings. The van der Waals surface area contributed by atoms with Crippen LogP contribution in [0, 0.1) is 0 Å². The zero-order valence-corrected chi connectivity index (χ0v) is 16.6. The third kappa shape index (κ3) is 5.04. The first kappa shape index (κ1) is 20.2. The zero-order chi connectivity index (χ0) is 19.2. The van der Waals surface area contributed by atoms with E-state index in [9.17, 15) is 4.79 Å². The van der Waals surface area contributed by atoms with Gasteiger partial charge in [0.25, 0.3) is 0 Å². The van der Waals surface area contributed by atoms with Gasteiger partial charge in [0.05, 0.1) is 30.8 Å². The van der Waals surface area contributed by atoms with Gasteiger partial charge in [-0.25, -0.2) is 5.43 Å². The van der Waals surface area contributed by atoms with Crippen LogP contribution in [0.2, 0.25) is 5.02 Å². The van der Waals surface area contributed by atoms with Crippen molar-refractivity contribution in [3.05, 3.63) is 23.2 Å². The Bertz CT molecular complexity index is 643. The predicted octanol–water partition coefficient (Wildman–Crippen LogP) is 1.99. The van der Waals surface area contributed by atoms with E-state index < -0.39 is 0 Å². The van der Waals surface area contributed by atoms with Crippen LogP contribution in [0.5, 0.6) is 11.5 Å². The summed E-state index contributed by atoms with van der Waals surface area (Å²) >= 11 is 6.21. The standard InChI is InChI=1S/C19H28ClN3O4/c1-25-12-14-5-3-4-8-23(14)19(24)17-9-13(21-22-17)11-27-18-7-6-15(26-2)10-16(18)20/h6-7,10,13-14,17,21-22H,3-5,8-9,11-12H2,1-2H3. The van der Waals surface area contributed by atoms with Crippen LogP contribution in [-0.4, -0.2) is 62.9 Å². The average Bonchev–Trinajstić information content (AvgIpc) is 3.16. The maximum atomic E-state index is 12.9. The first-order valence-corrected chi connectivity index (χ1v) is 9.77. The lowest BCUT2D eigenvalue weighted by molar-refractivity contribution is -0.138. The van der Waals surface area contributed by atoms with E-state index in [4.69, 9.17) is 25.8 Å². The van der Waals surface area contributed by atoms with Gasteiger partial charge in [-0.05, 0) is 37.8 Å². The van der Waals surface area contributed by atoms with E-state index in [0.29, 0.717) is 36.2 Å². The molecule has 3 rings (SSSR count). The number of nitrogens with zero attached hydrogens (tertiary/aromatic N) is 1. The highest BCUT2D eigenvalue weighted by Crippen LogP contribution is 2.29. The number of methoxy groups -OCH3 is 2.